The van der Waals surface area contributed by atoms with Gasteiger partial charge in [-0.25, -0.2) is 0 Å². The molecule has 5 nitrogen and oxygen atoms in total. The van der Waals surface area contributed by atoms with E-state index < -0.39 is 11.5 Å². The molecule has 5 heteroatoms. The third-order valence-corrected chi connectivity index (χ3v) is 3.27. The highest BCUT2D eigenvalue weighted by Crippen LogP contribution is 2.16. The molecule has 0 radical (unpaired) electrons. The second kappa shape index (κ2) is 8.00. The standard InChI is InChI=1S/C16H25NO4/c1-12(2)17-16(3,15(19)20)9-11-21-14-6-4-13(5-7-14)8-10-18/h4-7,12,17-18H,8-11H2,1-3H3,(H,19,20). The van der Waals surface area contributed by atoms with E-state index in [0.29, 0.717) is 25.2 Å². The van der Waals surface area contributed by atoms with Crippen molar-refractivity contribution in [3.05, 3.63) is 29.8 Å². The first-order chi connectivity index (χ1) is 9.87. The maximum Gasteiger partial charge on any atom is 0.323 e. The number of aliphatic hydroxyl groups excluding tert-OH is 1. The summed E-state index contributed by atoms with van der Waals surface area (Å²) in [6, 6.07) is 7.55. The van der Waals surface area contributed by atoms with Gasteiger partial charge in [-0.1, -0.05) is 12.1 Å². The maximum atomic E-state index is 11.4. The first-order valence-electron chi connectivity index (χ1n) is 7.21. The summed E-state index contributed by atoms with van der Waals surface area (Å²) in [5.41, 5.74) is 0.0482. The van der Waals surface area contributed by atoms with Crippen LogP contribution in [0.5, 0.6) is 5.75 Å². The minimum Gasteiger partial charge on any atom is -0.494 e. The molecule has 0 aromatic heterocycles. The van der Waals surface area contributed by atoms with Gasteiger partial charge in [0.1, 0.15) is 11.3 Å². The van der Waals surface area contributed by atoms with Crippen LogP contribution in [0.2, 0.25) is 0 Å². The molecule has 0 saturated heterocycles. The summed E-state index contributed by atoms with van der Waals surface area (Å²) in [5.74, 6) is -0.174. The van der Waals surface area contributed by atoms with Crippen molar-refractivity contribution in [3.8, 4) is 5.75 Å². The molecule has 0 heterocycles. The van der Waals surface area contributed by atoms with E-state index in [4.69, 9.17) is 9.84 Å². The van der Waals surface area contributed by atoms with Gasteiger partial charge in [-0.3, -0.25) is 10.1 Å². The van der Waals surface area contributed by atoms with Crippen molar-refractivity contribution in [2.75, 3.05) is 13.2 Å². The molecule has 0 spiro atoms. The van der Waals surface area contributed by atoms with E-state index in [1.807, 2.05) is 38.1 Å². The Hall–Kier alpha value is -1.59. The topological polar surface area (TPSA) is 78.8 Å². The Kier molecular flexibility index (Phi) is 6.65. The zero-order valence-electron chi connectivity index (χ0n) is 12.9. The van der Waals surface area contributed by atoms with Crippen LogP contribution in [0.4, 0.5) is 0 Å². The van der Waals surface area contributed by atoms with Crippen LogP contribution in [0.25, 0.3) is 0 Å². The van der Waals surface area contributed by atoms with Gasteiger partial charge in [0.05, 0.1) is 6.61 Å². The maximum absolute atomic E-state index is 11.4. The Bertz CT molecular complexity index is 444. The molecular formula is C16H25NO4. The number of nitrogens with one attached hydrogen (secondary N) is 1. The third-order valence-electron chi connectivity index (χ3n) is 3.27. The molecule has 1 unspecified atom stereocenters. The van der Waals surface area contributed by atoms with E-state index in [1.165, 1.54) is 0 Å². The summed E-state index contributed by atoms with van der Waals surface area (Å²) in [7, 11) is 0. The molecule has 0 fully saturated rings. The Morgan fingerprint density at radius 1 is 1.33 bits per heavy atom. The van der Waals surface area contributed by atoms with Gasteiger partial charge in [0.25, 0.3) is 0 Å². The molecule has 0 saturated carbocycles. The fourth-order valence-corrected chi connectivity index (χ4v) is 2.13. The lowest BCUT2D eigenvalue weighted by Gasteiger charge is -2.28. The Labute approximate surface area is 125 Å². The molecular weight excluding hydrogens is 270 g/mol. The van der Waals surface area contributed by atoms with Gasteiger partial charge >= 0.3 is 5.97 Å². The fraction of sp³-hybridized carbons (Fsp3) is 0.562. The van der Waals surface area contributed by atoms with E-state index in [9.17, 15) is 9.90 Å². The van der Waals surface area contributed by atoms with E-state index in [2.05, 4.69) is 5.32 Å². The number of benzene rings is 1. The SMILES string of the molecule is CC(C)NC(C)(CCOc1ccc(CCO)cc1)C(=O)O. The van der Waals surface area contributed by atoms with Gasteiger partial charge in [0.15, 0.2) is 0 Å². The predicted octanol–water partition coefficient (Wildman–Crippen LogP) is 1.83. The monoisotopic (exact) mass is 295 g/mol. The first kappa shape index (κ1) is 17.5. The molecule has 3 N–H and O–H groups in total. The third kappa shape index (κ3) is 5.73. The van der Waals surface area contributed by atoms with Gasteiger partial charge in [0, 0.05) is 19.1 Å². The number of hydrogen-bond acceptors (Lipinski definition) is 4. The van der Waals surface area contributed by atoms with Crippen LogP contribution in [0.3, 0.4) is 0 Å². The van der Waals surface area contributed by atoms with Gasteiger partial charge in [-0.2, -0.15) is 0 Å². The number of carboxylic acids is 1. The van der Waals surface area contributed by atoms with Crippen LogP contribution in [-0.4, -0.2) is 41.0 Å². The van der Waals surface area contributed by atoms with Crippen molar-refractivity contribution in [2.24, 2.45) is 0 Å². The van der Waals surface area contributed by atoms with E-state index in [0.717, 1.165) is 5.56 Å². The lowest BCUT2D eigenvalue weighted by molar-refractivity contribution is -0.145. The van der Waals surface area contributed by atoms with E-state index in [1.54, 1.807) is 6.92 Å². The molecule has 0 amide bonds. The van der Waals surface area contributed by atoms with Gasteiger partial charge < -0.3 is 14.9 Å². The summed E-state index contributed by atoms with van der Waals surface area (Å²) < 4.78 is 5.60. The van der Waals surface area contributed by atoms with Crippen molar-refractivity contribution in [1.82, 2.24) is 5.32 Å². The number of aliphatic carboxylic acids is 1. The van der Waals surface area contributed by atoms with Crippen LogP contribution in [-0.2, 0) is 11.2 Å². The minimum absolute atomic E-state index is 0.0869. The molecule has 0 bridgehead atoms. The lowest BCUT2D eigenvalue weighted by Crippen LogP contribution is -2.53. The normalized spacial score (nSPS) is 14.0. The van der Waals surface area contributed by atoms with Crippen molar-refractivity contribution < 1.29 is 19.7 Å². The molecule has 21 heavy (non-hydrogen) atoms. The van der Waals surface area contributed by atoms with Crippen LogP contribution in [0, 0.1) is 0 Å². The summed E-state index contributed by atoms with van der Waals surface area (Å²) in [4.78, 5) is 11.4. The first-order valence-corrected chi connectivity index (χ1v) is 7.21. The van der Waals surface area contributed by atoms with E-state index in [-0.39, 0.29) is 12.6 Å². The summed E-state index contributed by atoms with van der Waals surface area (Å²) in [5, 5.41) is 21.2. The molecule has 118 valence electrons. The van der Waals surface area contributed by atoms with Crippen molar-refractivity contribution >= 4 is 5.97 Å². The zero-order valence-corrected chi connectivity index (χ0v) is 12.9. The summed E-state index contributed by atoms with van der Waals surface area (Å²) in [6.45, 7) is 5.95. The fourth-order valence-electron chi connectivity index (χ4n) is 2.13. The van der Waals surface area contributed by atoms with E-state index >= 15 is 0 Å². The summed E-state index contributed by atoms with van der Waals surface area (Å²) in [6.07, 6.45) is 0.995. The second-order valence-electron chi connectivity index (χ2n) is 5.65. The average Bonchev–Trinajstić information content (AvgIpc) is 2.40. The molecule has 0 aliphatic carbocycles. The van der Waals surface area contributed by atoms with Crippen molar-refractivity contribution in [3.63, 3.8) is 0 Å². The number of rotatable bonds is 9. The Morgan fingerprint density at radius 3 is 2.43 bits per heavy atom. The number of hydrogen-bond donors (Lipinski definition) is 3. The van der Waals surface area contributed by atoms with Gasteiger partial charge in [-0.15, -0.1) is 0 Å². The lowest BCUT2D eigenvalue weighted by atomic mass is 9.97. The van der Waals surface area contributed by atoms with Gasteiger partial charge in [0.2, 0.25) is 0 Å². The highest BCUT2D eigenvalue weighted by Gasteiger charge is 2.33. The van der Waals surface area contributed by atoms with Crippen LogP contribution in [0.15, 0.2) is 24.3 Å². The molecule has 1 aromatic carbocycles. The van der Waals surface area contributed by atoms with Crippen molar-refractivity contribution in [2.45, 2.75) is 45.2 Å². The molecule has 1 aromatic rings. The Morgan fingerprint density at radius 2 is 1.95 bits per heavy atom. The highest BCUT2D eigenvalue weighted by atomic mass is 16.5. The Balaban J connectivity index is 2.52. The van der Waals surface area contributed by atoms with Crippen molar-refractivity contribution in [1.29, 1.82) is 0 Å². The predicted molar refractivity (Wildman–Crippen MR) is 81.7 cm³/mol. The van der Waals surface area contributed by atoms with Gasteiger partial charge in [-0.05, 0) is 44.9 Å². The van der Waals surface area contributed by atoms with Crippen LogP contribution in [0.1, 0.15) is 32.8 Å². The molecule has 0 aliphatic rings. The molecule has 1 rings (SSSR count). The molecule has 0 aliphatic heterocycles. The highest BCUT2D eigenvalue weighted by molar-refractivity contribution is 5.78. The number of ether oxygens (including phenoxy) is 1. The second-order valence-corrected chi connectivity index (χ2v) is 5.65. The smallest absolute Gasteiger partial charge is 0.323 e. The average molecular weight is 295 g/mol. The number of carbonyl (C=O) groups is 1. The zero-order chi connectivity index (χ0) is 15.9. The number of carboxylic acid groups (broad SMARTS) is 1. The summed E-state index contributed by atoms with van der Waals surface area (Å²) >= 11 is 0. The quantitative estimate of drug-likeness (QED) is 0.648. The number of aliphatic hydroxyl groups is 1. The largest absolute Gasteiger partial charge is 0.494 e. The van der Waals surface area contributed by atoms with Crippen LogP contribution < -0.4 is 10.1 Å². The van der Waals surface area contributed by atoms with Crippen LogP contribution >= 0.6 is 0 Å². The minimum atomic E-state index is -0.995. The molecule has 1 atom stereocenters.